The van der Waals surface area contributed by atoms with Gasteiger partial charge in [0.05, 0.1) is 5.52 Å². The van der Waals surface area contributed by atoms with Crippen molar-refractivity contribution in [2.75, 3.05) is 0 Å². The first kappa shape index (κ1) is 21.5. The fraction of sp³-hybridized carbons (Fsp3) is 0.292. The molecule has 3 rings (SSSR count). The zero-order valence-corrected chi connectivity index (χ0v) is 17.1. The third-order valence-electron chi connectivity index (χ3n) is 5.02. The first-order valence-corrected chi connectivity index (χ1v) is 9.99. The van der Waals surface area contributed by atoms with Crippen LogP contribution in [-0.2, 0) is 16.0 Å². The molecule has 1 unspecified atom stereocenters. The van der Waals surface area contributed by atoms with Gasteiger partial charge in [-0.15, -0.1) is 0 Å². The molecular weight excluding hydrogens is 380 g/mol. The van der Waals surface area contributed by atoms with Crippen molar-refractivity contribution in [1.82, 2.24) is 10.3 Å². The van der Waals surface area contributed by atoms with Gasteiger partial charge in [-0.1, -0.05) is 56.3 Å². The normalized spacial score (nSPS) is 13.3. The number of carboxylic acid groups (broad SMARTS) is 2. The highest BCUT2D eigenvalue weighted by Gasteiger charge is 2.26. The van der Waals surface area contributed by atoms with E-state index in [1.165, 1.54) is 0 Å². The van der Waals surface area contributed by atoms with Gasteiger partial charge in [0.25, 0.3) is 0 Å². The summed E-state index contributed by atoms with van der Waals surface area (Å²) in [5.74, 6) is -1.95. The van der Waals surface area contributed by atoms with E-state index in [0.29, 0.717) is 6.42 Å². The van der Waals surface area contributed by atoms with Gasteiger partial charge in [0.1, 0.15) is 12.1 Å². The number of aromatic nitrogens is 1. The van der Waals surface area contributed by atoms with Gasteiger partial charge < -0.3 is 10.2 Å². The predicted octanol–water partition coefficient (Wildman–Crippen LogP) is 3.99. The molecule has 0 amide bonds. The monoisotopic (exact) mass is 406 g/mol. The van der Waals surface area contributed by atoms with Crippen LogP contribution < -0.4 is 5.32 Å². The second kappa shape index (κ2) is 9.50. The maximum atomic E-state index is 11.7. The number of carbonyl (C=O) groups is 2. The molecule has 0 aliphatic heterocycles. The number of fused-ring (bicyclic) bond motifs is 1. The average molecular weight is 406 g/mol. The van der Waals surface area contributed by atoms with Crippen LogP contribution in [0.2, 0.25) is 0 Å². The fourth-order valence-corrected chi connectivity index (χ4v) is 3.47. The maximum Gasteiger partial charge on any atom is 0.321 e. The molecule has 0 bridgehead atoms. The Kier molecular flexibility index (Phi) is 6.79. The minimum absolute atomic E-state index is 0.142. The van der Waals surface area contributed by atoms with Crippen molar-refractivity contribution >= 4 is 22.8 Å². The van der Waals surface area contributed by atoms with E-state index in [0.717, 1.165) is 27.6 Å². The lowest BCUT2D eigenvalue weighted by Crippen LogP contribution is -2.48. The molecule has 0 aliphatic carbocycles. The molecular formula is C24H26N2O4. The molecule has 0 fully saturated rings. The van der Waals surface area contributed by atoms with Crippen LogP contribution in [0.15, 0.2) is 60.8 Å². The standard InChI is InChI=1S/C24H26N2O4/c1-15(2)11-21(23(27)28)26-22(24(29)30)12-16-7-9-17(10-8-16)19-13-18-5-3-4-6-20(18)25-14-19/h3-10,13-15,21-22,26H,11-12H2,1-2H3,(H,27,28)(H,29,30)/t21-,22?/m0/s1. The molecule has 0 radical (unpaired) electrons. The van der Waals surface area contributed by atoms with E-state index in [1.807, 2.05) is 68.6 Å². The van der Waals surface area contributed by atoms with E-state index in [-0.39, 0.29) is 12.3 Å². The lowest BCUT2D eigenvalue weighted by atomic mass is 9.99. The SMILES string of the molecule is CC(C)C[C@H](NC(Cc1ccc(-c2cnc3ccccc3c2)cc1)C(=O)O)C(=O)O. The number of nitrogens with one attached hydrogen (secondary N) is 1. The Morgan fingerprint density at radius 1 is 0.933 bits per heavy atom. The molecule has 2 atom stereocenters. The summed E-state index contributed by atoms with van der Waals surface area (Å²) in [5, 5.41) is 22.8. The number of rotatable bonds is 9. The number of benzene rings is 2. The van der Waals surface area contributed by atoms with Crippen LogP contribution in [0.4, 0.5) is 0 Å². The molecule has 1 aromatic heterocycles. The number of pyridine rings is 1. The van der Waals surface area contributed by atoms with Gasteiger partial charge >= 0.3 is 11.9 Å². The summed E-state index contributed by atoms with van der Waals surface area (Å²) in [5.41, 5.74) is 3.72. The van der Waals surface area contributed by atoms with Crippen LogP contribution in [0.1, 0.15) is 25.8 Å². The zero-order valence-electron chi connectivity index (χ0n) is 17.1. The third kappa shape index (κ3) is 5.42. The van der Waals surface area contributed by atoms with Gasteiger partial charge in [0, 0.05) is 17.1 Å². The van der Waals surface area contributed by atoms with E-state index >= 15 is 0 Å². The van der Waals surface area contributed by atoms with Crippen molar-refractivity contribution in [3.05, 3.63) is 66.4 Å². The Bertz CT molecular complexity index is 1030. The van der Waals surface area contributed by atoms with E-state index in [9.17, 15) is 19.8 Å². The number of nitrogens with zero attached hydrogens (tertiary/aromatic N) is 1. The average Bonchev–Trinajstić information content (AvgIpc) is 2.72. The van der Waals surface area contributed by atoms with E-state index in [4.69, 9.17) is 0 Å². The lowest BCUT2D eigenvalue weighted by molar-refractivity contribution is -0.142. The van der Waals surface area contributed by atoms with Crippen LogP contribution in [0.3, 0.4) is 0 Å². The summed E-state index contributed by atoms with van der Waals surface area (Å²) >= 11 is 0. The lowest BCUT2D eigenvalue weighted by Gasteiger charge is -2.22. The Morgan fingerprint density at radius 2 is 1.60 bits per heavy atom. The topological polar surface area (TPSA) is 99.5 Å². The summed E-state index contributed by atoms with van der Waals surface area (Å²) in [6.45, 7) is 3.82. The zero-order chi connectivity index (χ0) is 21.7. The summed E-state index contributed by atoms with van der Waals surface area (Å²) in [6.07, 6.45) is 2.39. The van der Waals surface area contributed by atoms with Crippen molar-refractivity contribution in [3.8, 4) is 11.1 Å². The molecule has 2 aromatic carbocycles. The van der Waals surface area contributed by atoms with Crippen molar-refractivity contribution in [3.63, 3.8) is 0 Å². The van der Waals surface area contributed by atoms with E-state index < -0.39 is 24.0 Å². The Hall–Kier alpha value is -3.25. The first-order valence-electron chi connectivity index (χ1n) is 9.99. The van der Waals surface area contributed by atoms with E-state index in [1.54, 1.807) is 0 Å². The summed E-state index contributed by atoms with van der Waals surface area (Å²) in [6, 6.07) is 15.7. The number of aliphatic carboxylic acids is 2. The van der Waals surface area contributed by atoms with Gasteiger partial charge in [-0.2, -0.15) is 0 Å². The molecule has 0 saturated heterocycles. The van der Waals surface area contributed by atoms with E-state index in [2.05, 4.69) is 16.4 Å². The molecule has 30 heavy (non-hydrogen) atoms. The fourth-order valence-electron chi connectivity index (χ4n) is 3.47. The first-order chi connectivity index (χ1) is 14.3. The Morgan fingerprint density at radius 3 is 2.23 bits per heavy atom. The van der Waals surface area contributed by atoms with Crippen LogP contribution in [-0.4, -0.2) is 39.2 Å². The molecule has 6 heteroatoms. The highest BCUT2D eigenvalue weighted by molar-refractivity contribution is 5.83. The minimum Gasteiger partial charge on any atom is -0.480 e. The van der Waals surface area contributed by atoms with Gasteiger partial charge in [0.2, 0.25) is 0 Å². The molecule has 3 N–H and O–H groups in total. The minimum atomic E-state index is -1.06. The smallest absolute Gasteiger partial charge is 0.321 e. The number of carboxylic acids is 2. The van der Waals surface area contributed by atoms with Gasteiger partial charge in [0.15, 0.2) is 0 Å². The molecule has 156 valence electrons. The Balaban J connectivity index is 1.75. The van der Waals surface area contributed by atoms with Crippen LogP contribution in [0.25, 0.3) is 22.0 Å². The number of hydrogen-bond acceptors (Lipinski definition) is 4. The second-order valence-corrected chi connectivity index (χ2v) is 7.90. The largest absolute Gasteiger partial charge is 0.480 e. The summed E-state index contributed by atoms with van der Waals surface area (Å²) in [4.78, 5) is 27.7. The quantitative estimate of drug-likeness (QED) is 0.497. The highest BCUT2D eigenvalue weighted by atomic mass is 16.4. The van der Waals surface area contributed by atoms with Crippen LogP contribution in [0.5, 0.6) is 0 Å². The second-order valence-electron chi connectivity index (χ2n) is 7.90. The van der Waals surface area contributed by atoms with Crippen molar-refractivity contribution in [1.29, 1.82) is 0 Å². The molecule has 3 aromatic rings. The molecule has 0 spiro atoms. The molecule has 0 aliphatic rings. The van der Waals surface area contributed by atoms with Crippen molar-refractivity contribution in [2.45, 2.75) is 38.8 Å². The maximum absolute atomic E-state index is 11.7. The van der Waals surface area contributed by atoms with Gasteiger partial charge in [-0.3, -0.25) is 19.9 Å². The number of hydrogen-bond donors (Lipinski definition) is 3. The van der Waals surface area contributed by atoms with Crippen LogP contribution >= 0.6 is 0 Å². The summed E-state index contributed by atoms with van der Waals surface area (Å²) < 4.78 is 0. The highest BCUT2D eigenvalue weighted by Crippen LogP contribution is 2.23. The molecule has 1 heterocycles. The van der Waals surface area contributed by atoms with Gasteiger partial charge in [-0.25, -0.2) is 0 Å². The molecule has 0 saturated carbocycles. The molecule has 6 nitrogen and oxygen atoms in total. The van der Waals surface area contributed by atoms with Crippen molar-refractivity contribution < 1.29 is 19.8 Å². The van der Waals surface area contributed by atoms with Gasteiger partial charge in [-0.05, 0) is 42.0 Å². The third-order valence-corrected chi connectivity index (χ3v) is 5.02. The predicted molar refractivity (Wildman–Crippen MR) is 116 cm³/mol. The van der Waals surface area contributed by atoms with Crippen molar-refractivity contribution in [2.24, 2.45) is 5.92 Å². The summed E-state index contributed by atoms with van der Waals surface area (Å²) in [7, 11) is 0. The van der Waals surface area contributed by atoms with Crippen LogP contribution in [0, 0.1) is 5.92 Å². The number of para-hydroxylation sites is 1. The Labute approximate surface area is 175 Å².